The van der Waals surface area contributed by atoms with E-state index in [1.165, 1.54) is 4.90 Å². The maximum atomic E-state index is 12.1. The van der Waals surface area contributed by atoms with Crippen LogP contribution in [0.25, 0.3) is 0 Å². The van der Waals surface area contributed by atoms with E-state index in [0.717, 1.165) is 5.71 Å². The second-order valence-corrected chi connectivity index (χ2v) is 6.44. The zero-order valence-corrected chi connectivity index (χ0v) is 15.8. The van der Waals surface area contributed by atoms with Gasteiger partial charge in [0.15, 0.2) is 6.10 Å². The van der Waals surface area contributed by atoms with E-state index in [2.05, 4.69) is 5.16 Å². The Morgan fingerprint density at radius 3 is 2.52 bits per heavy atom. The molecular formula is C15H19N2NaO5. The summed E-state index contributed by atoms with van der Waals surface area (Å²) < 4.78 is 0. The van der Waals surface area contributed by atoms with Gasteiger partial charge in [-0.15, -0.1) is 0 Å². The van der Waals surface area contributed by atoms with Crippen LogP contribution in [0.15, 0.2) is 16.4 Å². The van der Waals surface area contributed by atoms with Crippen LogP contribution in [0.1, 0.15) is 33.6 Å². The van der Waals surface area contributed by atoms with Crippen molar-refractivity contribution in [1.82, 2.24) is 4.90 Å². The van der Waals surface area contributed by atoms with E-state index in [0.29, 0.717) is 18.4 Å². The average Bonchev–Trinajstić information content (AvgIpc) is 2.99. The minimum Gasteiger partial charge on any atom is -0.543 e. The molecule has 0 aromatic rings. The van der Waals surface area contributed by atoms with Crippen molar-refractivity contribution in [3.8, 4) is 0 Å². The zero-order valence-electron chi connectivity index (χ0n) is 13.8. The Hall–Kier alpha value is -0.890. The molecule has 4 atom stereocenters. The standard InChI is InChI=1S/C15H20N2O5.Na/c1-6(2)9-5-11(22-16-9)8-4-10-12(7(3)18)14(19)17(10)13(8)15(20)21;/h6-7,10-12,18H,4-5H2,1-3H3,(H,20,21);/q;+1/p-1/t7-,10-,11+,12-;/m1./s1. The molecule has 3 aliphatic heterocycles. The minimum atomic E-state index is -1.38. The van der Waals surface area contributed by atoms with Gasteiger partial charge in [-0.1, -0.05) is 19.0 Å². The quantitative estimate of drug-likeness (QED) is 0.424. The summed E-state index contributed by atoms with van der Waals surface area (Å²) in [5, 5.41) is 25.2. The van der Waals surface area contributed by atoms with Crippen LogP contribution in [0.5, 0.6) is 0 Å². The summed E-state index contributed by atoms with van der Waals surface area (Å²) in [7, 11) is 0. The van der Waals surface area contributed by atoms with Gasteiger partial charge in [0.2, 0.25) is 5.91 Å². The topological polar surface area (TPSA) is 102 Å². The van der Waals surface area contributed by atoms with Crippen LogP contribution in [0, 0.1) is 11.8 Å². The SMILES string of the molecule is CC(C)C1=NO[C@H](C2=C(C(=O)[O-])N3C(=O)[C@H]([C@@H](C)O)[C@H]3C2)C1.[Na+]. The molecule has 1 N–H and O–H groups in total. The predicted molar refractivity (Wildman–Crippen MR) is 74.2 cm³/mol. The third-order valence-electron chi connectivity index (χ3n) is 4.70. The van der Waals surface area contributed by atoms with Crippen LogP contribution in [0.2, 0.25) is 0 Å². The first-order valence-corrected chi connectivity index (χ1v) is 7.51. The number of fused-ring (bicyclic) bond motifs is 1. The number of carboxylic acid groups (broad SMARTS) is 1. The number of carbonyl (C=O) groups excluding carboxylic acids is 2. The Labute approximate surface area is 156 Å². The van der Waals surface area contributed by atoms with Crippen molar-refractivity contribution in [3.63, 3.8) is 0 Å². The number of amides is 1. The first-order chi connectivity index (χ1) is 10.3. The van der Waals surface area contributed by atoms with Gasteiger partial charge in [0.05, 0.1) is 35.4 Å². The van der Waals surface area contributed by atoms with E-state index in [-0.39, 0.29) is 53.1 Å². The molecule has 0 unspecified atom stereocenters. The number of β-lactam (4-membered cyclic amide) rings is 1. The molecule has 120 valence electrons. The summed E-state index contributed by atoms with van der Waals surface area (Å²) in [6, 6.07) is -0.318. The molecule has 0 spiro atoms. The first-order valence-electron chi connectivity index (χ1n) is 7.51. The molecule has 0 saturated carbocycles. The molecule has 8 heteroatoms. The normalized spacial score (nSPS) is 30.5. The third-order valence-corrected chi connectivity index (χ3v) is 4.70. The minimum absolute atomic E-state index is 0. The summed E-state index contributed by atoms with van der Waals surface area (Å²) >= 11 is 0. The Balaban J connectivity index is 0.00000192. The van der Waals surface area contributed by atoms with E-state index >= 15 is 0 Å². The first kappa shape index (κ1) is 18.4. The molecule has 0 bridgehead atoms. The summed E-state index contributed by atoms with van der Waals surface area (Å²) in [6.45, 7) is 5.53. The van der Waals surface area contributed by atoms with Crippen molar-refractivity contribution < 1.29 is 54.2 Å². The van der Waals surface area contributed by atoms with Crippen LogP contribution in [-0.2, 0) is 14.4 Å². The average molecular weight is 330 g/mol. The number of aliphatic carboxylic acids is 1. The smallest absolute Gasteiger partial charge is 0.543 e. The molecule has 0 aromatic heterocycles. The second-order valence-electron chi connectivity index (χ2n) is 6.44. The molecule has 1 amide bonds. The van der Waals surface area contributed by atoms with Gasteiger partial charge >= 0.3 is 29.6 Å². The fraction of sp³-hybridized carbons (Fsp3) is 0.667. The number of carbonyl (C=O) groups is 2. The number of hydrogen-bond donors (Lipinski definition) is 1. The Morgan fingerprint density at radius 1 is 1.39 bits per heavy atom. The van der Waals surface area contributed by atoms with Gasteiger partial charge in [0.25, 0.3) is 0 Å². The number of carboxylic acids is 1. The van der Waals surface area contributed by atoms with Crippen LogP contribution < -0.4 is 34.7 Å². The van der Waals surface area contributed by atoms with Crippen LogP contribution >= 0.6 is 0 Å². The Morgan fingerprint density at radius 2 is 2.04 bits per heavy atom. The van der Waals surface area contributed by atoms with Crippen molar-refractivity contribution in [2.45, 2.75) is 51.9 Å². The predicted octanol–water partition coefficient (Wildman–Crippen LogP) is -3.59. The van der Waals surface area contributed by atoms with Crippen LogP contribution in [0.3, 0.4) is 0 Å². The van der Waals surface area contributed by atoms with Gasteiger partial charge < -0.3 is 24.7 Å². The molecule has 1 fully saturated rings. The molecule has 1 saturated heterocycles. The van der Waals surface area contributed by atoms with Crippen LogP contribution in [-0.4, -0.2) is 45.8 Å². The largest absolute Gasteiger partial charge is 1.00 e. The molecule has 0 aliphatic carbocycles. The Bertz CT molecular complexity index is 599. The number of hydrogen-bond acceptors (Lipinski definition) is 6. The van der Waals surface area contributed by atoms with Gasteiger partial charge in [-0.2, -0.15) is 0 Å². The van der Waals surface area contributed by atoms with Crippen molar-refractivity contribution in [1.29, 1.82) is 0 Å². The number of rotatable bonds is 4. The van der Waals surface area contributed by atoms with Gasteiger partial charge in [0.1, 0.15) is 0 Å². The summed E-state index contributed by atoms with van der Waals surface area (Å²) in [5.41, 5.74) is 1.32. The monoisotopic (exact) mass is 330 g/mol. The number of aliphatic hydroxyl groups excluding tert-OH is 1. The third kappa shape index (κ3) is 2.84. The molecular weight excluding hydrogens is 311 g/mol. The van der Waals surface area contributed by atoms with E-state index in [4.69, 9.17) is 4.84 Å². The molecule has 3 aliphatic rings. The number of oxime groups is 1. The van der Waals surface area contributed by atoms with Gasteiger partial charge in [-0.05, 0) is 19.3 Å². The molecule has 23 heavy (non-hydrogen) atoms. The maximum absolute atomic E-state index is 12.1. The van der Waals surface area contributed by atoms with Crippen molar-refractivity contribution in [2.75, 3.05) is 0 Å². The summed E-state index contributed by atoms with van der Waals surface area (Å²) in [6.07, 6.45) is -0.352. The number of aliphatic hydroxyl groups is 1. The molecule has 0 aromatic carbocycles. The van der Waals surface area contributed by atoms with Crippen molar-refractivity contribution >= 4 is 17.6 Å². The van der Waals surface area contributed by atoms with Crippen LogP contribution in [0.4, 0.5) is 0 Å². The van der Waals surface area contributed by atoms with Gasteiger partial charge in [-0.3, -0.25) is 4.79 Å². The van der Waals surface area contributed by atoms with Crippen molar-refractivity contribution in [2.24, 2.45) is 17.0 Å². The van der Waals surface area contributed by atoms with Gasteiger partial charge in [0, 0.05) is 12.0 Å². The molecule has 3 rings (SSSR count). The number of nitrogens with zero attached hydrogens (tertiary/aromatic N) is 2. The fourth-order valence-corrected chi connectivity index (χ4v) is 3.50. The second kappa shape index (κ2) is 6.55. The summed E-state index contributed by atoms with van der Waals surface area (Å²) in [4.78, 5) is 30.2. The summed E-state index contributed by atoms with van der Waals surface area (Å²) in [5.74, 6) is -2.07. The maximum Gasteiger partial charge on any atom is 1.00 e. The Kier molecular flexibility index (Phi) is 5.25. The van der Waals surface area contributed by atoms with Gasteiger partial charge in [-0.25, -0.2) is 0 Å². The zero-order chi connectivity index (χ0) is 16.2. The molecule has 3 heterocycles. The van der Waals surface area contributed by atoms with Crippen molar-refractivity contribution in [3.05, 3.63) is 11.3 Å². The molecule has 0 radical (unpaired) electrons. The van der Waals surface area contributed by atoms with E-state index in [1.54, 1.807) is 6.92 Å². The molecule has 7 nitrogen and oxygen atoms in total. The van der Waals surface area contributed by atoms with E-state index < -0.39 is 24.1 Å². The fourth-order valence-electron chi connectivity index (χ4n) is 3.50. The van der Waals surface area contributed by atoms with E-state index in [1.807, 2.05) is 13.8 Å². The van der Waals surface area contributed by atoms with E-state index in [9.17, 15) is 19.8 Å².